The number of hydrogen-bond acceptors (Lipinski definition) is 7. The fourth-order valence-electron chi connectivity index (χ4n) is 4.32. The number of amides is 1. The normalized spacial score (nSPS) is 16.9. The van der Waals surface area contributed by atoms with E-state index < -0.39 is 17.7 Å². The quantitative estimate of drug-likeness (QED) is 0.173. The number of carbonyl (C=O) groups is 2. The molecule has 1 aromatic heterocycles. The molecule has 1 N–H and O–H groups in total. The third-order valence-corrected chi connectivity index (χ3v) is 7.04. The molecule has 0 spiro atoms. The van der Waals surface area contributed by atoms with E-state index >= 15 is 0 Å². The van der Waals surface area contributed by atoms with E-state index in [-0.39, 0.29) is 11.3 Å². The van der Waals surface area contributed by atoms with Crippen molar-refractivity contribution >= 4 is 44.1 Å². The molecule has 0 saturated carbocycles. The van der Waals surface area contributed by atoms with Crippen molar-refractivity contribution in [2.75, 3.05) is 18.1 Å². The van der Waals surface area contributed by atoms with Crippen LogP contribution in [0.5, 0.6) is 11.5 Å². The van der Waals surface area contributed by atoms with Gasteiger partial charge < -0.3 is 14.6 Å². The number of aliphatic hydroxyl groups excluding tert-OH is 1. The van der Waals surface area contributed by atoms with Crippen LogP contribution in [0.25, 0.3) is 16.0 Å². The second-order valence-corrected chi connectivity index (χ2v) is 9.52. The van der Waals surface area contributed by atoms with Crippen molar-refractivity contribution in [1.82, 2.24) is 4.98 Å². The lowest BCUT2D eigenvalue weighted by atomic mass is 9.95. The second kappa shape index (κ2) is 10.4. The molecule has 2 heterocycles. The number of aromatic nitrogens is 1. The number of thiazole rings is 1. The molecule has 3 aromatic carbocycles. The molecule has 1 saturated heterocycles. The molecule has 1 aliphatic rings. The molecule has 1 aliphatic heterocycles. The van der Waals surface area contributed by atoms with Crippen molar-refractivity contribution in [3.8, 4) is 11.5 Å². The van der Waals surface area contributed by atoms with Gasteiger partial charge in [-0.3, -0.25) is 14.5 Å². The lowest BCUT2D eigenvalue weighted by Gasteiger charge is -2.23. The molecule has 188 valence electrons. The SMILES string of the molecule is CCCOc1ccc(C2/C(=C(\O)c3ccccc3)C(=O)C(=O)N2c2nc3ccc(OCC)cc3s2)cc1. The summed E-state index contributed by atoms with van der Waals surface area (Å²) in [5.41, 5.74) is 1.83. The van der Waals surface area contributed by atoms with Crippen molar-refractivity contribution in [3.05, 3.63) is 89.5 Å². The van der Waals surface area contributed by atoms with Gasteiger partial charge >= 0.3 is 5.91 Å². The predicted molar refractivity (Wildman–Crippen MR) is 144 cm³/mol. The zero-order valence-corrected chi connectivity index (χ0v) is 21.3. The largest absolute Gasteiger partial charge is 0.507 e. The van der Waals surface area contributed by atoms with Gasteiger partial charge in [-0.15, -0.1) is 0 Å². The third-order valence-electron chi connectivity index (χ3n) is 6.03. The van der Waals surface area contributed by atoms with E-state index in [1.807, 2.05) is 50.2 Å². The van der Waals surface area contributed by atoms with E-state index in [9.17, 15) is 14.7 Å². The number of anilines is 1. The van der Waals surface area contributed by atoms with Gasteiger partial charge in [-0.05, 0) is 49.2 Å². The highest BCUT2D eigenvalue weighted by atomic mass is 32.1. The zero-order chi connectivity index (χ0) is 25.9. The Morgan fingerprint density at radius 3 is 2.41 bits per heavy atom. The molecule has 1 fully saturated rings. The lowest BCUT2D eigenvalue weighted by molar-refractivity contribution is -0.132. The van der Waals surface area contributed by atoms with Crippen LogP contribution in [0, 0.1) is 0 Å². The first kappa shape index (κ1) is 24.5. The van der Waals surface area contributed by atoms with E-state index in [0.29, 0.717) is 46.5 Å². The molecule has 7 nitrogen and oxygen atoms in total. The molecule has 0 radical (unpaired) electrons. The summed E-state index contributed by atoms with van der Waals surface area (Å²) < 4.78 is 12.1. The van der Waals surface area contributed by atoms with E-state index in [1.165, 1.54) is 16.2 Å². The van der Waals surface area contributed by atoms with Crippen molar-refractivity contribution in [2.24, 2.45) is 0 Å². The summed E-state index contributed by atoms with van der Waals surface area (Å²) in [7, 11) is 0. The fourth-order valence-corrected chi connectivity index (χ4v) is 5.34. The van der Waals surface area contributed by atoms with E-state index in [1.54, 1.807) is 36.4 Å². The van der Waals surface area contributed by atoms with Crippen LogP contribution in [-0.2, 0) is 9.59 Å². The summed E-state index contributed by atoms with van der Waals surface area (Å²) in [5.74, 6) is -0.327. The summed E-state index contributed by atoms with van der Waals surface area (Å²) in [6, 6.07) is 20.7. The van der Waals surface area contributed by atoms with Crippen LogP contribution < -0.4 is 14.4 Å². The molecular weight excluding hydrogens is 488 g/mol. The van der Waals surface area contributed by atoms with Crippen molar-refractivity contribution in [2.45, 2.75) is 26.3 Å². The Kier molecular flexibility index (Phi) is 6.92. The van der Waals surface area contributed by atoms with Crippen molar-refractivity contribution in [1.29, 1.82) is 0 Å². The summed E-state index contributed by atoms with van der Waals surface area (Å²) in [6.45, 7) is 5.05. The lowest BCUT2D eigenvalue weighted by Crippen LogP contribution is -2.29. The summed E-state index contributed by atoms with van der Waals surface area (Å²) >= 11 is 1.30. The van der Waals surface area contributed by atoms with Gasteiger partial charge in [-0.25, -0.2) is 4.98 Å². The van der Waals surface area contributed by atoms with Crippen LogP contribution in [0.1, 0.15) is 37.4 Å². The molecule has 0 bridgehead atoms. The number of Topliss-reactive ketones (excluding diaryl/α,β-unsaturated/α-hetero) is 1. The number of fused-ring (bicyclic) bond motifs is 1. The monoisotopic (exact) mass is 514 g/mol. The van der Waals surface area contributed by atoms with Gasteiger partial charge in [0.15, 0.2) is 5.13 Å². The smallest absolute Gasteiger partial charge is 0.301 e. The maximum atomic E-state index is 13.4. The first-order valence-corrected chi connectivity index (χ1v) is 13.0. The Morgan fingerprint density at radius 2 is 1.70 bits per heavy atom. The maximum absolute atomic E-state index is 13.4. The second-order valence-electron chi connectivity index (χ2n) is 8.51. The van der Waals surface area contributed by atoms with E-state index in [4.69, 9.17) is 9.47 Å². The minimum absolute atomic E-state index is 0.0210. The average Bonchev–Trinajstić information content (AvgIpc) is 3.45. The van der Waals surface area contributed by atoms with Gasteiger partial charge in [0.2, 0.25) is 0 Å². The highest BCUT2D eigenvalue weighted by Crippen LogP contribution is 2.44. The number of ketones is 1. The molecule has 1 atom stereocenters. The Labute approximate surface area is 218 Å². The van der Waals surface area contributed by atoms with Crippen molar-refractivity contribution < 1.29 is 24.2 Å². The first-order valence-electron chi connectivity index (χ1n) is 12.1. The van der Waals surface area contributed by atoms with Gasteiger partial charge in [-0.2, -0.15) is 0 Å². The fraction of sp³-hybridized carbons (Fsp3) is 0.207. The number of nitrogens with zero attached hydrogens (tertiary/aromatic N) is 2. The zero-order valence-electron chi connectivity index (χ0n) is 20.5. The van der Waals surface area contributed by atoms with Crippen LogP contribution in [0.4, 0.5) is 5.13 Å². The van der Waals surface area contributed by atoms with Gasteiger partial charge in [0.05, 0.1) is 35.0 Å². The summed E-state index contributed by atoms with van der Waals surface area (Å²) in [5, 5.41) is 11.6. The topological polar surface area (TPSA) is 89.0 Å². The highest BCUT2D eigenvalue weighted by molar-refractivity contribution is 7.22. The highest BCUT2D eigenvalue weighted by Gasteiger charge is 2.48. The van der Waals surface area contributed by atoms with Crippen LogP contribution in [0.3, 0.4) is 0 Å². The maximum Gasteiger partial charge on any atom is 0.301 e. The van der Waals surface area contributed by atoms with Gasteiger partial charge in [0.25, 0.3) is 5.78 Å². The van der Waals surface area contributed by atoms with E-state index in [0.717, 1.165) is 11.1 Å². The Bertz CT molecular complexity index is 1480. The number of ether oxygens (including phenoxy) is 2. The summed E-state index contributed by atoms with van der Waals surface area (Å²) in [4.78, 5) is 32.9. The number of carbonyl (C=O) groups excluding carboxylic acids is 2. The van der Waals surface area contributed by atoms with Crippen LogP contribution in [0.15, 0.2) is 78.4 Å². The minimum Gasteiger partial charge on any atom is -0.507 e. The number of aliphatic hydroxyl groups is 1. The van der Waals surface area contributed by atoms with Gasteiger partial charge in [-0.1, -0.05) is 60.7 Å². The first-order chi connectivity index (χ1) is 18.0. The molecule has 1 unspecified atom stereocenters. The van der Waals surface area contributed by atoms with Crippen LogP contribution >= 0.6 is 11.3 Å². The Hall–Kier alpha value is -4.17. The minimum atomic E-state index is -0.854. The third kappa shape index (κ3) is 4.68. The predicted octanol–water partition coefficient (Wildman–Crippen LogP) is 6.11. The average molecular weight is 515 g/mol. The molecule has 5 rings (SSSR count). The Morgan fingerprint density at radius 1 is 0.973 bits per heavy atom. The molecule has 4 aromatic rings. The molecule has 1 amide bonds. The number of rotatable bonds is 8. The molecule has 0 aliphatic carbocycles. The van der Waals surface area contributed by atoms with Crippen molar-refractivity contribution in [3.63, 3.8) is 0 Å². The van der Waals surface area contributed by atoms with Gasteiger partial charge in [0.1, 0.15) is 17.3 Å². The van der Waals surface area contributed by atoms with E-state index in [2.05, 4.69) is 4.98 Å². The van der Waals surface area contributed by atoms with Crippen LogP contribution in [-0.4, -0.2) is 35.0 Å². The number of benzene rings is 3. The summed E-state index contributed by atoms with van der Waals surface area (Å²) in [6.07, 6.45) is 0.877. The standard InChI is InChI=1S/C29H26N2O5S/c1-3-16-36-20-12-10-18(11-13-20)25-24(26(32)19-8-6-5-7-9-19)27(33)28(34)31(25)29-30-22-15-14-21(35-4-2)17-23(22)37-29/h5-15,17,25,32H,3-4,16H2,1-2H3/b26-24+. The van der Waals surface area contributed by atoms with Gasteiger partial charge in [0, 0.05) is 5.56 Å². The molecular formula is C29H26N2O5S. The van der Waals surface area contributed by atoms with Crippen LogP contribution in [0.2, 0.25) is 0 Å². The Balaban J connectivity index is 1.64. The number of hydrogen-bond donors (Lipinski definition) is 1. The molecule has 37 heavy (non-hydrogen) atoms. The molecule has 8 heteroatoms.